The van der Waals surface area contributed by atoms with Crippen LogP contribution in [-0.2, 0) is 10.3 Å². The van der Waals surface area contributed by atoms with Gasteiger partial charge < -0.3 is 14.7 Å². The molecule has 0 unspecified atom stereocenters. The summed E-state index contributed by atoms with van der Waals surface area (Å²) < 4.78 is 8.88. The fourth-order valence-electron chi connectivity index (χ4n) is 6.50. The van der Waals surface area contributed by atoms with Gasteiger partial charge in [0.05, 0.1) is 27.8 Å². The number of halogens is 1. The molecule has 3 aliphatic rings. The molecule has 3 heterocycles. The summed E-state index contributed by atoms with van der Waals surface area (Å²) in [5.41, 5.74) is 2.90. The molecule has 0 radical (unpaired) electrons. The predicted octanol–water partition coefficient (Wildman–Crippen LogP) is 4.93. The monoisotopic (exact) mass is 557 g/mol. The Morgan fingerprint density at radius 3 is 2.25 bits per heavy atom. The van der Waals surface area contributed by atoms with E-state index in [1.807, 2.05) is 17.0 Å². The Morgan fingerprint density at radius 1 is 0.850 bits per heavy atom. The van der Waals surface area contributed by atoms with Crippen molar-refractivity contribution in [3.8, 4) is 5.69 Å². The van der Waals surface area contributed by atoms with Gasteiger partial charge in [-0.1, -0.05) is 23.7 Å². The minimum Gasteiger partial charge on any atom is -0.478 e. The van der Waals surface area contributed by atoms with Crippen LogP contribution in [0.15, 0.2) is 71.5 Å². The summed E-state index contributed by atoms with van der Waals surface area (Å²) >= 11 is 6.38. The second-order valence-electron chi connectivity index (χ2n) is 11.3. The van der Waals surface area contributed by atoms with Crippen LogP contribution in [0, 0.1) is 5.41 Å². The number of rotatable bonds is 5. The highest BCUT2D eigenvalue weighted by molar-refractivity contribution is 6.31. The first-order chi connectivity index (χ1) is 19.3. The van der Waals surface area contributed by atoms with Gasteiger partial charge in [0.15, 0.2) is 0 Å². The minimum absolute atomic E-state index is 0.00303. The van der Waals surface area contributed by atoms with Crippen molar-refractivity contribution in [2.75, 3.05) is 26.3 Å². The number of hydrogen-bond acceptors (Lipinski definition) is 4. The Labute approximate surface area is 235 Å². The number of carboxylic acid groups (broad SMARTS) is 1. The van der Waals surface area contributed by atoms with Crippen LogP contribution in [0.5, 0.6) is 0 Å². The highest BCUT2D eigenvalue weighted by Crippen LogP contribution is 2.50. The van der Waals surface area contributed by atoms with Crippen molar-refractivity contribution < 1.29 is 19.4 Å². The zero-order valence-corrected chi connectivity index (χ0v) is 22.6. The van der Waals surface area contributed by atoms with E-state index in [1.54, 1.807) is 63.7 Å². The summed E-state index contributed by atoms with van der Waals surface area (Å²) in [6, 6.07) is 19.3. The summed E-state index contributed by atoms with van der Waals surface area (Å²) in [6.45, 7) is 3.03. The van der Waals surface area contributed by atoms with E-state index in [0.29, 0.717) is 34.6 Å². The fourth-order valence-corrected chi connectivity index (χ4v) is 6.67. The zero-order valence-electron chi connectivity index (χ0n) is 21.8. The van der Waals surface area contributed by atoms with Gasteiger partial charge in [-0.2, -0.15) is 0 Å². The third kappa shape index (κ3) is 3.89. The first kappa shape index (κ1) is 25.1. The first-order valence-corrected chi connectivity index (χ1v) is 13.9. The van der Waals surface area contributed by atoms with Crippen molar-refractivity contribution in [3.05, 3.63) is 98.9 Å². The summed E-state index contributed by atoms with van der Waals surface area (Å²) in [5, 5.41) is 10.0. The third-order valence-corrected chi connectivity index (χ3v) is 9.10. The lowest BCUT2D eigenvalue weighted by Crippen LogP contribution is -2.60. The molecule has 1 amide bonds. The number of aromatic nitrogens is 2. The van der Waals surface area contributed by atoms with Crippen LogP contribution in [0.2, 0.25) is 5.02 Å². The zero-order chi connectivity index (χ0) is 27.6. The average Bonchev–Trinajstić information content (AvgIpc) is 3.70. The molecule has 7 rings (SSSR count). The molecule has 8 nitrogen and oxygen atoms in total. The molecule has 0 atom stereocenters. The van der Waals surface area contributed by atoms with E-state index in [0.717, 1.165) is 50.2 Å². The summed E-state index contributed by atoms with van der Waals surface area (Å²) in [7, 11) is 0. The normalized spacial score (nSPS) is 19.0. The Morgan fingerprint density at radius 2 is 1.57 bits per heavy atom. The van der Waals surface area contributed by atoms with Crippen molar-refractivity contribution in [2.45, 2.75) is 31.2 Å². The second-order valence-corrected chi connectivity index (χ2v) is 11.8. The average molecular weight is 558 g/mol. The SMILES string of the molecule is O=C(O)c1cccc(C2(n3c(=O)n(-c4ccc(C(=O)N5CC6(CCOCC6)C5)cc4)c4cc(Cl)ccc43)CC2)c1. The molecular formula is C31H28ClN3O5. The van der Waals surface area contributed by atoms with E-state index in [9.17, 15) is 19.5 Å². The second kappa shape index (κ2) is 9.08. The molecule has 1 aromatic heterocycles. The van der Waals surface area contributed by atoms with Crippen LogP contribution in [0.4, 0.5) is 0 Å². The number of likely N-dealkylation sites (tertiary alicyclic amines) is 1. The number of ether oxygens (including phenoxy) is 1. The van der Waals surface area contributed by atoms with Crippen molar-refractivity contribution in [1.29, 1.82) is 0 Å². The number of hydrogen-bond donors (Lipinski definition) is 1. The molecule has 1 spiro atoms. The molecule has 9 heteroatoms. The molecule has 3 fully saturated rings. The van der Waals surface area contributed by atoms with E-state index in [2.05, 4.69) is 0 Å². The molecule has 1 aliphatic carbocycles. The van der Waals surface area contributed by atoms with E-state index in [4.69, 9.17) is 16.3 Å². The van der Waals surface area contributed by atoms with Crippen molar-refractivity contribution in [2.24, 2.45) is 5.41 Å². The molecule has 0 bridgehead atoms. The van der Waals surface area contributed by atoms with Crippen molar-refractivity contribution >= 4 is 34.5 Å². The van der Waals surface area contributed by atoms with Crippen LogP contribution in [0.3, 0.4) is 0 Å². The Bertz CT molecular complexity index is 1720. The summed E-state index contributed by atoms with van der Waals surface area (Å²) in [4.78, 5) is 40.8. The number of imidazole rings is 1. The Hall–Kier alpha value is -3.88. The van der Waals surface area contributed by atoms with Crippen LogP contribution >= 0.6 is 11.6 Å². The molecule has 40 heavy (non-hydrogen) atoms. The molecule has 3 aromatic carbocycles. The fraction of sp³-hybridized carbons (Fsp3) is 0.323. The lowest BCUT2D eigenvalue weighted by Gasteiger charge is -2.52. The number of carbonyl (C=O) groups is 2. The van der Waals surface area contributed by atoms with E-state index < -0.39 is 11.5 Å². The topological polar surface area (TPSA) is 93.8 Å². The summed E-state index contributed by atoms with van der Waals surface area (Å²) in [5.74, 6) is -1.01. The maximum absolute atomic E-state index is 14.1. The van der Waals surface area contributed by atoms with Gasteiger partial charge in [-0.05, 0) is 85.8 Å². The van der Waals surface area contributed by atoms with Crippen LogP contribution in [0.25, 0.3) is 16.7 Å². The molecule has 1 N–H and O–H groups in total. The van der Waals surface area contributed by atoms with E-state index in [1.165, 1.54) is 0 Å². The first-order valence-electron chi connectivity index (χ1n) is 13.6. The van der Waals surface area contributed by atoms with Gasteiger partial charge in [-0.15, -0.1) is 0 Å². The number of aromatic carboxylic acids is 1. The number of carbonyl (C=O) groups excluding carboxylic acids is 1. The standard InChI is InChI=1S/C31H28ClN3O5/c32-23-6-9-25-26(17-23)34(29(39)35(25)31(10-11-31)22-3-1-2-21(16-22)28(37)38)24-7-4-20(5-8-24)27(36)33-18-30(19-33)12-14-40-15-13-30/h1-9,16-17H,10-15,18-19H2,(H,37,38). The largest absolute Gasteiger partial charge is 0.478 e. The summed E-state index contributed by atoms with van der Waals surface area (Å²) in [6.07, 6.45) is 3.42. The van der Waals surface area contributed by atoms with Gasteiger partial charge in [-0.25, -0.2) is 9.59 Å². The minimum atomic E-state index is -1.00. The highest BCUT2D eigenvalue weighted by atomic mass is 35.5. The Balaban J connectivity index is 1.25. The van der Waals surface area contributed by atoms with Gasteiger partial charge in [-0.3, -0.25) is 13.9 Å². The number of benzene rings is 3. The molecule has 2 saturated heterocycles. The van der Waals surface area contributed by atoms with E-state index >= 15 is 0 Å². The Kier molecular flexibility index (Phi) is 5.70. The van der Waals surface area contributed by atoms with Gasteiger partial charge in [0, 0.05) is 42.3 Å². The van der Waals surface area contributed by atoms with Gasteiger partial charge in [0.25, 0.3) is 5.91 Å². The maximum atomic E-state index is 14.1. The lowest BCUT2D eigenvalue weighted by atomic mass is 9.73. The number of nitrogens with zero attached hydrogens (tertiary/aromatic N) is 3. The molecule has 1 saturated carbocycles. The van der Waals surface area contributed by atoms with Gasteiger partial charge in [0.1, 0.15) is 0 Å². The number of carboxylic acids is 1. The number of fused-ring (bicyclic) bond motifs is 1. The van der Waals surface area contributed by atoms with Crippen molar-refractivity contribution in [3.63, 3.8) is 0 Å². The molecule has 204 valence electrons. The molecule has 4 aromatic rings. The predicted molar refractivity (Wildman–Crippen MR) is 151 cm³/mol. The van der Waals surface area contributed by atoms with Crippen LogP contribution in [0.1, 0.15) is 52.0 Å². The van der Waals surface area contributed by atoms with Crippen molar-refractivity contribution in [1.82, 2.24) is 14.0 Å². The maximum Gasteiger partial charge on any atom is 0.335 e. The van der Waals surface area contributed by atoms with Gasteiger partial charge in [0.2, 0.25) is 0 Å². The molecule has 2 aliphatic heterocycles. The third-order valence-electron chi connectivity index (χ3n) is 8.87. The van der Waals surface area contributed by atoms with Crippen LogP contribution < -0.4 is 5.69 Å². The van der Waals surface area contributed by atoms with Gasteiger partial charge >= 0.3 is 11.7 Å². The molecular weight excluding hydrogens is 530 g/mol. The smallest absolute Gasteiger partial charge is 0.335 e. The number of amides is 1. The van der Waals surface area contributed by atoms with E-state index in [-0.39, 0.29) is 22.6 Å². The lowest BCUT2D eigenvalue weighted by molar-refractivity contribution is -0.0666. The highest BCUT2D eigenvalue weighted by Gasteiger charge is 2.49. The quantitative estimate of drug-likeness (QED) is 0.375. The van der Waals surface area contributed by atoms with Crippen LogP contribution in [-0.4, -0.2) is 57.3 Å².